The van der Waals surface area contributed by atoms with Crippen molar-refractivity contribution in [2.24, 2.45) is 0 Å². The molecule has 0 aliphatic carbocycles. The van der Waals surface area contributed by atoms with Gasteiger partial charge in [0.2, 0.25) is 0 Å². The number of anilines is 2. The van der Waals surface area contributed by atoms with E-state index in [4.69, 9.17) is 40.5 Å². The van der Waals surface area contributed by atoms with Crippen LogP contribution >= 0.6 is 34.8 Å². The summed E-state index contributed by atoms with van der Waals surface area (Å²) >= 11 is 18.1. The summed E-state index contributed by atoms with van der Waals surface area (Å²) in [5, 5.41) is 4.86. The maximum Gasteiger partial charge on any atom is 0.145 e. The Labute approximate surface area is 126 Å². The zero-order valence-electron chi connectivity index (χ0n) is 10.1. The zero-order chi connectivity index (χ0) is 14.0. The first-order chi connectivity index (χ1) is 8.97. The van der Waals surface area contributed by atoms with E-state index in [0.717, 1.165) is 5.56 Å². The second-order valence-corrected chi connectivity index (χ2v) is 5.38. The Kier molecular flexibility index (Phi) is 4.40. The molecule has 19 heavy (non-hydrogen) atoms. The molecule has 0 saturated carbocycles. The van der Waals surface area contributed by atoms with Gasteiger partial charge in [0, 0.05) is 10.0 Å². The Morgan fingerprint density at radius 1 is 1.16 bits per heavy atom. The maximum atomic E-state index is 6.16. The van der Waals surface area contributed by atoms with Crippen LogP contribution in [0.15, 0.2) is 30.5 Å². The smallest absolute Gasteiger partial charge is 0.145 e. The second-order valence-electron chi connectivity index (χ2n) is 4.13. The number of pyridine rings is 1. The van der Waals surface area contributed by atoms with Gasteiger partial charge in [0.25, 0.3) is 0 Å². The molecule has 0 fully saturated rings. The van der Waals surface area contributed by atoms with Crippen molar-refractivity contribution in [1.82, 2.24) is 4.98 Å². The van der Waals surface area contributed by atoms with Crippen molar-refractivity contribution in [2.45, 2.75) is 13.0 Å². The van der Waals surface area contributed by atoms with Gasteiger partial charge in [-0.15, -0.1) is 0 Å². The topological polar surface area (TPSA) is 50.9 Å². The summed E-state index contributed by atoms with van der Waals surface area (Å²) in [7, 11) is 0. The van der Waals surface area contributed by atoms with Crippen molar-refractivity contribution in [2.75, 3.05) is 11.1 Å². The lowest BCUT2D eigenvalue weighted by atomic mass is 10.1. The third kappa shape index (κ3) is 3.44. The second kappa shape index (κ2) is 5.87. The van der Waals surface area contributed by atoms with Crippen LogP contribution in [-0.4, -0.2) is 4.98 Å². The van der Waals surface area contributed by atoms with E-state index in [-0.39, 0.29) is 6.04 Å². The fraction of sp³-hybridized carbons (Fsp3) is 0.154. The molecule has 1 aromatic carbocycles. The molecule has 2 rings (SSSR count). The van der Waals surface area contributed by atoms with Crippen molar-refractivity contribution >= 4 is 46.3 Å². The van der Waals surface area contributed by atoms with Crippen molar-refractivity contribution in [3.05, 3.63) is 51.1 Å². The summed E-state index contributed by atoms with van der Waals surface area (Å²) in [5.41, 5.74) is 7.04. The van der Waals surface area contributed by atoms with E-state index in [1.807, 2.05) is 13.0 Å². The Balaban J connectivity index is 2.23. The highest BCUT2D eigenvalue weighted by atomic mass is 35.5. The first-order valence-corrected chi connectivity index (χ1v) is 6.73. The van der Waals surface area contributed by atoms with Gasteiger partial charge in [-0.3, -0.25) is 0 Å². The molecule has 100 valence electrons. The molecule has 6 heteroatoms. The largest absolute Gasteiger partial charge is 0.397 e. The van der Waals surface area contributed by atoms with Gasteiger partial charge in [0.1, 0.15) is 5.82 Å². The highest BCUT2D eigenvalue weighted by molar-refractivity contribution is 6.35. The highest BCUT2D eigenvalue weighted by Gasteiger charge is 2.12. The number of halogens is 3. The first kappa shape index (κ1) is 14.3. The van der Waals surface area contributed by atoms with Crippen LogP contribution in [0.5, 0.6) is 0 Å². The third-order valence-corrected chi connectivity index (χ3v) is 3.50. The van der Waals surface area contributed by atoms with Crippen LogP contribution in [0.1, 0.15) is 18.5 Å². The summed E-state index contributed by atoms with van der Waals surface area (Å²) in [6.07, 6.45) is 1.55. The van der Waals surface area contributed by atoms with Crippen molar-refractivity contribution < 1.29 is 0 Å². The lowest BCUT2D eigenvalue weighted by Crippen LogP contribution is -2.09. The SMILES string of the molecule is CC(Nc1ncc(N)cc1Cl)c1ccc(Cl)cc1Cl. The van der Waals surface area contributed by atoms with Gasteiger partial charge in [-0.1, -0.05) is 40.9 Å². The van der Waals surface area contributed by atoms with E-state index in [1.165, 1.54) is 0 Å². The minimum Gasteiger partial charge on any atom is -0.397 e. The molecule has 0 radical (unpaired) electrons. The molecule has 0 bridgehead atoms. The molecular weight excluding hydrogens is 305 g/mol. The minimum absolute atomic E-state index is 0.0570. The Morgan fingerprint density at radius 3 is 2.53 bits per heavy atom. The summed E-state index contributed by atoms with van der Waals surface area (Å²) in [4.78, 5) is 4.15. The van der Waals surface area contributed by atoms with E-state index < -0.39 is 0 Å². The van der Waals surface area contributed by atoms with Crippen LogP contribution in [0, 0.1) is 0 Å². The van der Waals surface area contributed by atoms with Gasteiger partial charge in [-0.25, -0.2) is 4.98 Å². The van der Waals surface area contributed by atoms with Crippen LogP contribution in [0.3, 0.4) is 0 Å². The van der Waals surface area contributed by atoms with Crippen molar-refractivity contribution in [3.63, 3.8) is 0 Å². The Bertz CT molecular complexity index is 602. The van der Waals surface area contributed by atoms with E-state index in [2.05, 4.69) is 10.3 Å². The molecule has 1 aromatic heterocycles. The lowest BCUT2D eigenvalue weighted by molar-refractivity contribution is 0.875. The van der Waals surface area contributed by atoms with Crippen LogP contribution in [0.4, 0.5) is 11.5 Å². The lowest BCUT2D eigenvalue weighted by Gasteiger charge is -2.17. The minimum atomic E-state index is -0.0570. The quantitative estimate of drug-likeness (QED) is 0.855. The fourth-order valence-corrected chi connectivity index (χ4v) is 2.50. The van der Waals surface area contributed by atoms with E-state index in [0.29, 0.717) is 26.6 Å². The van der Waals surface area contributed by atoms with E-state index >= 15 is 0 Å². The number of nitrogens with two attached hydrogens (primary N) is 1. The normalized spacial score (nSPS) is 12.2. The number of nitrogen functional groups attached to an aromatic ring is 1. The number of aromatic nitrogens is 1. The molecule has 0 aliphatic rings. The summed E-state index contributed by atoms with van der Waals surface area (Å²) in [5.74, 6) is 0.564. The van der Waals surface area contributed by atoms with Crippen LogP contribution < -0.4 is 11.1 Å². The van der Waals surface area contributed by atoms with Gasteiger partial charge in [0.15, 0.2) is 0 Å². The molecule has 1 heterocycles. The maximum absolute atomic E-state index is 6.16. The van der Waals surface area contributed by atoms with Crippen LogP contribution in [0.2, 0.25) is 15.1 Å². The molecular formula is C13H12Cl3N3. The Hall–Kier alpha value is -1.16. The molecule has 1 unspecified atom stereocenters. The number of hydrogen-bond donors (Lipinski definition) is 2. The van der Waals surface area contributed by atoms with Gasteiger partial charge < -0.3 is 11.1 Å². The van der Waals surface area contributed by atoms with Crippen molar-refractivity contribution in [1.29, 1.82) is 0 Å². The number of hydrogen-bond acceptors (Lipinski definition) is 3. The molecule has 2 aromatic rings. The van der Waals surface area contributed by atoms with E-state index in [9.17, 15) is 0 Å². The highest BCUT2D eigenvalue weighted by Crippen LogP contribution is 2.30. The molecule has 1 atom stereocenters. The first-order valence-electron chi connectivity index (χ1n) is 5.60. The van der Waals surface area contributed by atoms with E-state index in [1.54, 1.807) is 24.4 Å². The number of nitrogens with zero attached hydrogens (tertiary/aromatic N) is 1. The zero-order valence-corrected chi connectivity index (χ0v) is 12.4. The predicted molar refractivity (Wildman–Crippen MR) is 82.2 cm³/mol. The predicted octanol–water partition coefficient (Wildman–Crippen LogP) is 4.80. The number of benzene rings is 1. The molecule has 0 spiro atoms. The van der Waals surface area contributed by atoms with Crippen LogP contribution in [-0.2, 0) is 0 Å². The molecule has 3 N–H and O–H groups in total. The van der Waals surface area contributed by atoms with Crippen LogP contribution in [0.25, 0.3) is 0 Å². The number of rotatable bonds is 3. The average Bonchev–Trinajstić information content (AvgIpc) is 2.32. The molecule has 0 saturated heterocycles. The van der Waals surface area contributed by atoms with Gasteiger partial charge in [-0.05, 0) is 30.7 Å². The Morgan fingerprint density at radius 2 is 1.89 bits per heavy atom. The summed E-state index contributed by atoms with van der Waals surface area (Å²) in [6, 6.07) is 6.95. The van der Waals surface area contributed by atoms with Gasteiger partial charge in [-0.2, -0.15) is 0 Å². The van der Waals surface area contributed by atoms with Crippen molar-refractivity contribution in [3.8, 4) is 0 Å². The third-order valence-electron chi connectivity index (χ3n) is 2.64. The molecule has 0 amide bonds. The average molecular weight is 317 g/mol. The molecule has 0 aliphatic heterocycles. The summed E-state index contributed by atoms with van der Waals surface area (Å²) in [6.45, 7) is 1.96. The van der Waals surface area contributed by atoms with Gasteiger partial charge >= 0.3 is 0 Å². The number of nitrogens with one attached hydrogen (secondary N) is 1. The fourth-order valence-electron chi connectivity index (χ4n) is 1.69. The monoisotopic (exact) mass is 315 g/mol. The summed E-state index contributed by atoms with van der Waals surface area (Å²) < 4.78 is 0. The molecule has 3 nitrogen and oxygen atoms in total. The standard InChI is InChI=1S/C13H12Cl3N3/c1-7(10-3-2-8(14)4-11(10)15)19-13-12(16)5-9(17)6-18-13/h2-7H,17H2,1H3,(H,18,19). The van der Waals surface area contributed by atoms with Gasteiger partial charge in [0.05, 0.1) is 22.9 Å².